The van der Waals surface area contributed by atoms with Crippen LogP contribution >= 0.6 is 11.6 Å². The average Bonchev–Trinajstić information content (AvgIpc) is 3.24. The highest BCUT2D eigenvalue weighted by molar-refractivity contribution is 6.34. The van der Waals surface area contributed by atoms with Crippen molar-refractivity contribution in [1.82, 2.24) is 20.1 Å². The van der Waals surface area contributed by atoms with Crippen molar-refractivity contribution in [1.29, 1.82) is 0 Å². The number of carbonyl (C=O) groups excluding carboxylic acids is 2. The summed E-state index contributed by atoms with van der Waals surface area (Å²) in [7, 11) is 0. The lowest BCUT2D eigenvalue weighted by Gasteiger charge is -2.11. The van der Waals surface area contributed by atoms with Crippen LogP contribution in [-0.2, 0) is 0 Å². The lowest BCUT2D eigenvalue weighted by atomic mass is 10.1. The summed E-state index contributed by atoms with van der Waals surface area (Å²) in [6.07, 6.45) is 0. The number of carbonyl (C=O) groups is 2. The molecule has 2 aromatic heterocycles. The number of rotatable bonds is 6. The molecule has 0 aliphatic carbocycles. The highest BCUT2D eigenvalue weighted by Gasteiger charge is 2.19. The molecule has 8 nitrogen and oxygen atoms in total. The predicted octanol–water partition coefficient (Wildman–Crippen LogP) is 4.17. The first-order valence-corrected chi connectivity index (χ1v) is 10.6. The minimum atomic E-state index is -0.453. The van der Waals surface area contributed by atoms with E-state index in [9.17, 15) is 9.59 Å². The molecular weight excluding hydrogens is 440 g/mol. The Balaban J connectivity index is 1.70. The minimum absolute atomic E-state index is 0.180. The average molecular weight is 461 g/mol. The summed E-state index contributed by atoms with van der Waals surface area (Å²) in [6, 6.07) is 21.0. The van der Waals surface area contributed by atoms with Crippen molar-refractivity contribution >= 4 is 35.1 Å². The number of para-hydroxylation sites is 1. The lowest BCUT2D eigenvalue weighted by molar-refractivity contribution is 0.0949. The van der Waals surface area contributed by atoms with Gasteiger partial charge in [0.1, 0.15) is 11.6 Å². The molecule has 0 aliphatic heterocycles. The van der Waals surface area contributed by atoms with Gasteiger partial charge in [0.15, 0.2) is 5.69 Å². The summed E-state index contributed by atoms with van der Waals surface area (Å²) in [5.74, 6) is -0.0881. The number of amides is 2. The van der Waals surface area contributed by atoms with Crippen molar-refractivity contribution in [3.05, 3.63) is 89.1 Å². The smallest absolute Gasteiger partial charge is 0.271 e. The first kappa shape index (κ1) is 22.0. The van der Waals surface area contributed by atoms with Crippen molar-refractivity contribution < 1.29 is 9.59 Å². The molecule has 0 unspecified atom stereocenters. The van der Waals surface area contributed by atoms with Crippen LogP contribution in [0.4, 0.5) is 11.6 Å². The molecule has 4 N–H and O–H groups in total. The van der Waals surface area contributed by atoms with Crippen molar-refractivity contribution in [3.63, 3.8) is 0 Å². The number of halogens is 1. The van der Waals surface area contributed by atoms with E-state index >= 15 is 0 Å². The predicted molar refractivity (Wildman–Crippen MR) is 129 cm³/mol. The first-order valence-electron chi connectivity index (χ1n) is 10.2. The van der Waals surface area contributed by atoms with Crippen LogP contribution in [0.2, 0.25) is 5.02 Å². The van der Waals surface area contributed by atoms with Crippen LogP contribution in [0.25, 0.3) is 16.9 Å². The van der Waals surface area contributed by atoms with Gasteiger partial charge < -0.3 is 16.4 Å². The van der Waals surface area contributed by atoms with Crippen LogP contribution in [0.3, 0.4) is 0 Å². The molecule has 33 heavy (non-hydrogen) atoms. The van der Waals surface area contributed by atoms with Gasteiger partial charge in [0.2, 0.25) is 0 Å². The minimum Gasteiger partial charge on any atom is -0.384 e. The fourth-order valence-electron chi connectivity index (χ4n) is 3.25. The molecule has 4 aromatic rings. The standard InChI is InChI=1S/C24H21ClN6O2/c1-2-27-24(33)20-14-22(31(30-20)16-7-4-3-5-8-16)29-23(32)17-13-15(11-12-18(17)25)19-9-6-10-21(26)28-19/h3-14H,2H2,1H3,(H2,26,28)(H,27,33)(H,29,32). The Labute approximate surface area is 195 Å². The van der Waals surface area contributed by atoms with Crippen LogP contribution in [-0.4, -0.2) is 33.1 Å². The molecular formula is C24H21ClN6O2. The third kappa shape index (κ3) is 4.86. The Morgan fingerprint density at radius 3 is 2.52 bits per heavy atom. The molecule has 2 amide bonds. The van der Waals surface area contributed by atoms with Crippen molar-refractivity contribution in [2.45, 2.75) is 6.92 Å². The van der Waals surface area contributed by atoms with Crippen LogP contribution in [0.1, 0.15) is 27.8 Å². The molecule has 2 heterocycles. The molecule has 0 bridgehead atoms. The summed E-state index contributed by atoms with van der Waals surface area (Å²) in [4.78, 5) is 29.8. The number of anilines is 2. The van der Waals surface area contributed by atoms with Gasteiger partial charge in [-0.05, 0) is 43.3 Å². The topological polar surface area (TPSA) is 115 Å². The molecule has 9 heteroatoms. The summed E-state index contributed by atoms with van der Waals surface area (Å²) in [5.41, 5.74) is 8.21. The second-order valence-corrected chi connectivity index (χ2v) is 7.53. The molecule has 166 valence electrons. The van der Waals surface area contributed by atoms with Gasteiger partial charge in [-0.25, -0.2) is 9.67 Å². The van der Waals surface area contributed by atoms with E-state index in [0.717, 1.165) is 0 Å². The summed E-state index contributed by atoms with van der Waals surface area (Å²) < 4.78 is 1.50. The number of nitrogen functional groups attached to an aromatic ring is 1. The quantitative estimate of drug-likeness (QED) is 0.399. The zero-order valence-electron chi connectivity index (χ0n) is 17.7. The molecule has 0 saturated heterocycles. The Morgan fingerprint density at radius 1 is 1.00 bits per heavy atom. The third-order valence-corrected chi connectivity index (χ3v) is 5.13. The van der Waals surface area contributed by atoms with Gasteiger partial charge in [-0.3, -0.25) is 9.59 Å². The highest BCUT2D eigenvalue weighted by atomic mass is 35.5. The number of hydrogen-bond acceptors (Lipinski definition) is 5. The van der Waals surface area contributed by atoms with Crippen LogP contribution in [0, 0.1) is 0 Å². The first-order chi connectivity index (χ1) is 16.0. The van der Waals surface area contributed by atoms with Crippen LogP contribution in [0.15, 0.2) is 72.8 Å². The van der Waals surface area contributed by atoms with E-state index in [1.165, 1.54) is 10.7 Å². The number of aromatic nitrogens is 3. The van der Waals surface area contributed by atoms with E-state index in [-0.39, 0.29) is 22.2 Å². The van der Waals surface area contributed by atoms with Gasteiger partial charge in [-0.2, -0.15) is 5.10 Å². The van der Waals surface area contributed by atoms with E-state index in [2.05, 4.69) is 20.7 Å². The fourth-order valence-corrected chi connectivity index (χ4v) is 3.46. The van der Waals surface area contributed by atoms with Gasteiger partial charge >= 0.3 is 0 Å². The molecule has 0 radical (unpaired) electrons. The second kappa shape index (κ2) is 9.54. The highest BCUT2D eigenvalue weighted by Crippen LogP contribution is 2.26. The summed E-state index contributed by atoms with van der Waals surface area (Å²) >= 11 is 6.34. The zero-order valence-corrected chi connectivity index (χ0v) is 18.5. The number of nitrogens with one attached hydrogen (secondary N) is 2. The molecule has 0 spiro atoms. The van der Waals surface area contributed by atoms with Gasteiger partial charge in [-0.15, -0.1) is 0 Å². The fraction of sp³-hybridized carbons (Fsp3) is 0.0833. The second-order valence-electron chi connectivity index (χ2n) is 7.12. The zero-order chi connectivity index (χ0) is 23.4. The summed E-state index contributed by atoms with van der Waals surface area (Å²) in [5, 5.41) is 10.2. The van der Waals surface area contributed by atoms with E-state index in [4.69, 9.17) is 17.3 Å². The molecule has 0 saturated carbocycles. The van der Waals surface area contributed by atoms with Crippen molar-refractivity contribution in [2.75, 3.05) is 17.6 Å². The molecule has 0 fully saturated rings. The van der Waals surface area contributed by atoms with E-state index in [1.54, 1.807) is 36.4 Å². The van der Waals surface area contributed by atoms with Crippen molar-refractivity contribution in [2.24, 2.45) is 0 Å². The van der Waals surface area contributed by atoms with E-state index in [0.29, 0.717) is 35.1 Å². The summed E-state index contributed by atoms with van der Waals surface area (Å²) in [6.45, 7) is 2.28. The number of benzene rings is 2. The van der Waals surface area contributed by atoms with Gasteiger partial charge in [0, 0.05) is 18.2 Å². The van der Waals surface area contributed by atoms with Crippen molar-refractivity contribution in [3.8, 4) is 16.9 Å². The Kier molecular flexibility index (Phi) is 6.37. The largest absolute Gasteiger partial charge is 0.384 e. The SMILES string of the molecule is CCNC(=O)c1cc(NC(=O)c2cc(-c3cccc(N)n3)ccc2Cl)n(-c2ccccc2)n1. The number of pyridine rings is 1. The van der Waals surface area contributed by atoms with Gasteiger partial charge in [0.25, 0.3) is 11.8 Å². The lowest BCUT2D eigenvalue weighted by Crippen LogP contribution is -2.23. The number of nitrogens with two attached hydrogens (primary N) is 1. The maximum absolute atomic E-state index is 13.2. The molecule has 4 rings (SSSR count). The Hall–Kier alpha value is -4.17. The molecule has 0 aliphatic rings. The Bertz CT molecular complexity index is 1320. The van der Waals surface area contributed by atoms with Crippen LogP contribution < -0.4 is 16.4 Å². The number of hydrogen-bond donors (Lipinski definition) is 3. The maximum Gasteiger partial charge on any atom is 0.271 e. The molecule has 2 aromatic carbocycles. The van der Waals surface area contributed by atoms with E-state index < -0.39 is 5.91 Å². The molecule has 0 atom stereocenters. The normalized spacial score (nSPS) is 10.6. The third-order valence-electron chi connectivity index (χ3n) is 4.80. The number of nitrogens with zero attached hydrogens (tertiary/aromatic N) is 3. The van der Waals surface area contributed by atoms with E-state index in [1.807, 2.05) is 37.3 Å². The van der Waals surface area contributed by atoms with Crippen LogP contribution in [0.5, 0.6) is 0 Å². The monoisotopic (exact) mass is 460 g/mol. The Morgan fingerprint density at radius 2 is 1.79 bits per heavy atom. The van der Waals surface area contributed by atoms with Gasteiger partial charge in [0.05, 0.1) is 22.0 Å². The van der Waals surface area contributed by atoms with Gasteiger partial charge in [-0.1, -0.05) is 41.9 Å². The maximum atomic E-state index is 13.2.